The second-order valence-corrected chi connectivity index (χ2v) is 4.31. The molecule has 2 rings (SSSR count). The molecule has 18 heavy (non-hydrogen) atoms. The van der Waals surface area contributed by atoms with Crippen LogP contribution in [0.5, 0.6) is 5.75 Å². The largest absolute Gasteiger partial charge is 0.496 e. The third-order valence-electron chi connectivity index (χ3n) is 3.04. The third-order valence-corrected chi connectivity index (χ3v) is 3.04. The maximum atomic E-state index is 5.33. The summed E-state index contributed by atoms with van der Waals surface area (Å²) in [4.78, 5) is 4.34. The van der Waals surface area contributed by atoms with Crippen molar-refractivity contribution in [3.63, 3.8) is 0 Å². The van der Waals surface area contributed by atoms with Crippen LogP contribution in [-0.2, 0) is 13.6 Å². The quantitative estimate of drug-likeness (QED) is 0.878. The van der Waals surface area contributed by atoms with Crippen LogP contribution in [0.4, 0.5) is 0 Å². The Balaban J connectivity index is 2.01. The zero-order valence-electron chi connectivity index (χ0n) is 11.1. The molecule has 0 aliphatic rings. The lowest BCUT2D eigenvalue weighted by atomic mass is 10.2. The monoisotopic (exact) mass is 245 g/mol. The fourth-order valence-corrected chi connectivity index (χ4v) is 2.00. The molecule has 2 aromatic rings. The number of benzene rings is 1. The lowest BCUT2D eigenvalue weighted by Gasteiger charge is -2.15. The Morgan fingerprint density at radius 1 is 1.39 bits per heavy atom. The first-order valence-corrected chi connectivity index (χ1v) is 6.05. The number of nitrogens with one attached hydrogen (secondary N) is 1. The Morgan fingerprint density at radius 3 is 2.83 bits per heavy atom. The number of para-hydroxylation sites is 1. The molecule has 1 aromatic carbocycles. The highest BCUT2D eigenvalue weighted by Crippen LogP contribution is 2.18. The minimum absolute atomic E-state index is 0.204. The van der Waals surface area contributed by atoms with Crippen LogP contribution in [0.1, 0.15) is 24.4 Å². The standard InChI is InChI=1S/C14H19N3O/c1-11(14-15-8-9-17(14)2)16-10-12-6-4-5-7-13(12)18-3/h4-9,11,16H,10H2,1-3H3. The smallest absolute Gasteiger partial charge is 0.125 e. The van der Waals surface area contributed by atoms with E-state index in [2.05, 4.69) is 23.3 Å². The van der Waals surface area contributed by atoms with Crippen molar-refractivity contribution >= 4 is 0 Å². The van der Waals surface area contributed by atoms with Gasteiger partial charge in [-0.05, 0) is 13.0 Å². The van der Waals surface area contributed by atoms with Crippen molar-refractivity contribution in [1.82, 2.24) is 14.9 Å². The van der Waals surface area contributed by atoms with Crippen molar-refractivity contribution in [3.05, 3.63) is 48.0 Å². The molecule has 4 heteroatoms. The van der Waals surface area contributed by atoms with Crippen molar-refractivity contribution < 1.29 is 4.74 Å². The molecule has 0 amide bonds. The van der Waals surface area contributed by atoms with Gasteiger partial charge in [-0.25, -0.2) is 4.98 Å². The Hall–Kier alpha value is -1.81. The van der Waals surface area contributed by atoms with Gasteiger partial charge < -0.3 is 14.6 Å². The van der Waals surface area contributed by atoms with E-state index in [1.165, 1.54) is 0 Å². The van der Waals surface area contributed by atoms with E-state index in [1.807, 2.05) is 42.2 Å². The summed E-state index contributed by atoms with van der Waals surface area (Å²) in [5.74, 6) is 1.95. The average Bonchev–Trinajstić information content (AvgIpc) is 2.82. The molecule has 0 saturated heterocycles. The molecule has 1 unspecified atom stereocenters. The third kappa shape index (κ3) is 2.71. The predicted octanol–water partition coefficient (Wildman–Crippen LogP) is 2.28. The first kappa shape index (κ1) is 12.6. The topological polar surface area (TPSA) is 39.1 Å². The number of hydrogen-bond acceptors (Lipinski definition) is 3. The van der Waals surface area contributed by atoms with E-state index in [4.69, 9.17) is 4.74 Å². The summed E-state index contributed by atoms with van der Waals surface area (Å²) >= 11 is 0. The van der Waals surface area contributed by atoms with Crippen LogP contribution in [0.3, 0.4) is 0 Å². The van der Waals surface area contributed by atoms with Gasteiger partial charge in [0.15, 0.2) is 0 Å². The van der Waals surface area contributed by atoms with Gasteiger partial charge in [0.25, 0.3) is 0 Å². The molecule has 0 spiro atoms. The number of imidazole rings is 1. The van der Waals surface area contributed by atoms with E-state index in [0.717, 1.165) is 23.7 Å². The molecule has 0 radical (unpaired) electrons. The van der Waals surface area contributed by atoms with E-state index >= 15 is 0 Å². The molecular formula is C14H19N3O. The lowest BCUT2D eigenvalue weighted by Crippen LogP contribution is -2.21. The van der Waals surface area contributed by atoms with Crippen LogP contribution in [-0.4, -0.2) is 16.7 Å². The summed E-state index contributed by atoms with van der Waals surface area (Å²) in [6.45, 7) is 2.87. The molecule has 1 aromatic heterocycles. The molecule has 4 nitrogen and oxygen atoms in total. The molecule has 1 atom stereocenters. The number of aromatic nitrogens is 2. The highest BCUT2D eigenvalue weighted by molar-refractivity contribution is 5.33. The maximum absolute atomic E-state index is 5.33. The Labute approximate surface area is 108 Å². The van der Waals surface area contributed by atoms with E-state index in [-0.39, 0.29) is 6.04 Å². The van der Waals surface area contributed by atoms with Crippen molar-refractivity contribution in [3.8, 4) is 5.75 Å². The number of methoxy groups -OCH3 is 1. The molecule has 0 fully saturated rings. The van der Waals surface area contributed by atoms with Crippen LogP contribution in [0, 0.1) is 0 Å². The van der Waals surface area contributed by atoms with Crippen LogP contribution < -0.4 is 10.1 Å². The van der Waals surface area contributed by atoms with E-state index in [9.17, 15) is 0 Å². The molecule has 0 aliphatic carbocycles. The summed E-state index contributed by atoms with van der Waals surface area (Å²) in [5, 5.41) is 3.45. The number of ether oxygens (including phenoxy) is 1. The zero-order valence-corrected chi connectivity index (χ0v) is 11.1. The lowest BCUT2D eigenvalue weighted by molar-refractivity contribution is 0.405. The van der Waals surface area contributed by atoms with Crippen LogP contribution >= 0.6 is 0 Å². The highest BCUT2D eigenvalue weighted by atomic mass is 16.5. The van der Waals surface area contributed by atoms with Gasteiger partial charge in [0.2, 0.25) is 0 Å². The van der Waals surface area contributed by atoms with Crippen LogP contribution in [0.25, 0.3) is 0 Å². The maximum Gasteiger partial charge on any atom is 0.125 e. The van der Waals surface area contributed by atoms with Gasteiger partial charge in [0.1, 0.15) is 11.6 Å². The summed E-state index contributed by atoms with van der Waals surface area (Å²) in [6, 6.07) is 8.24. The first-order chi connectivity index (χ1) is 8.72. The number of rotatable bonds is 5. The number of aryl methyl sites for hydroxylation is 1. The highest BCUT2D eigenvalue weighted by Gasteiger charge is 2.10. The predicted molar refractivity (Wildman–Crippen MR) is 71.5 cm³/mol. The van der Waals surface area contributed by atoms with Crippen LogP contribution in [0.2, 0.25) is 0 Å². The molecule has 1 heterocycles. The summed E-state index contributed by atoms with van der Waals surface area (Å²) < 4.78 is 7.36. The molecule has 0 bridgehead atoms. The normalized spacial score (nSPS) is 12.4. The summed E-state index contributed by atoms with van der Waals surface area (Å²) in [7, 11) is 3.70. The van der Waals surface area contributed by atoms with E-state index < -0.39 is 0 Å². The van der Waals surface area contributed by atoms with Crippen LogP contribution in [0.15, 0.2) is 36.7 Å². The number of hydrogen-bond donors (Lipinski definition) is 1. The van der Waals surface area contributed by atoms with Crippen molar-refractivity contribution in [2.24, 2.45) is 7.05 Å². The zero-order chi connectivity index (χ0) is 13.0. The summed E-state index contributed by atoms with van der Waals surface area (Å²) in [5.41, 5.74) is 1.15. The Morgan fingerprint density at radius 2 is 2.17 bits per heavy atom. The summed E-state index contributed by atoms with van der Waals surface area (Å²) in [6.07, 6.45) is 3.77. The van der Waals surface area contributed by atoms with Gasteiger partial charge >= 0.3 is 0 Å². The molecule has 0 aliphatic heterocycles. The van der Waals surface area contributed by atoms with Crippen molar-refractivity contribution in [1.29, 1.82) is 0 Å². The van der Waals surface area contributed by atoms with Crippen molar-refractivity contribution in [2.75, 3.05) is 7.11 Å². The van der Waals surface area contributed by atoms with Gasteiger partial charge in [0.05, 0.1) is 13.2 Å². The SMILES string of the molecule is COc1ccccc1CNC(C)c1nccn1C. The fraction of sp³-hybridized carbons (Fsp3) is 0.357. The Bertz CT molecular complexity index is 507. The van der Waals surface area contributed by atoms with E-state index in [1.54, 1.807) is 7.11 Å². The van der Waals surface area contributed by atoms with Gasteiger partial charge in [0, 0.05) is 31.5 Å². The van der Waals surface area contributed by atoms with Crippen molar-refractivity contribution in [2.45, 2.75) is 19.5 Å². The fourth-order valence-electron chi connectivity index (χ4n) is 2.00. The molecule has 1 N–H and O–H groups in total. The molecular weight excluding hydrogens is 226 g/mol. The second kappa shape index (κ2) is 5.69. The van der Waals surface area contributed by atoms with Gasteiger partial charge in [-0.15, -0.1) is 0 Å². The van der Waals surface area contributed by atoms with Gasteiger partial charge in [-0.2, -0.15) is 0 Å². The first-order valence-electron chi connectivity index (χ1n) is 6.05. The minimum Gasteiger partial charge on any atom is -0.496 e. The van der Waals surface area contributed by atoms with Gasteiger partial charge in [-0.1, -0.05) is 18.2 Å². The average molecular weight is 245 g/mol. The number of nitrogens with zero attached hydrogens (tertiary/aromatic N) is 2. The van der Waals surface area contributed by atoms with Gasteiger partial charge in [-0.3, -0.25) is 0 Å². The minimum atomic E-state index is 0.204. The second-order valence-electron chi connectivity index (χ2n) is 4.31. The molecule has 0 saturated carbocycles. The molecule has 96 valence electrons. The Kier molecular flexibility index (Phi) is 3.99. The van der Waals surface area contributed by atoms with E-state index in [0.29, 0.717) is 0 Å².